The van der Waals surface area contributed by atoms with Crippen LogP contribution < -0.4 is 0 Å². The number of carbonyl (C=O) groups excluding carboxylic acids is 2. The molecule has 10 heteroatoms. The summed E-state index contributed by atoms with van der Waals surface area (Å²) in [6, 6.07) is 0. The number of aliphatic hydroxyl groups excluding tert-OH is 2. The molecule has 8 nitrogen and oxygen atoms in total. The van der Waals surface area contributed by atoms with Gasteiger partial charge in [0.1, 0.15) is 35.8 Å². The number of amides is 2. The van der Waals surface area contributed by atoms with Gasteiger partial charge in [-0.2, -0.15) is 0 Å². The van der Waals surface area contributed by atoms with E-state index in [0.29, 0.717) is 0 Å². The largest absolute Gasteiger partial charge is 0.444 e. The van der Waals surface area contributed by atoms with Crippen molar-refractivity contribution in [3.05, 3.63) is 0 Å². The summed E-state index contributed by atoms with van der Waals surface area (Å²) in [7, 11) is 0. The number of ether oxygens (including phenoxy) is 2. The molecule has 2 heterocycles. The summed E-state index contributed by atoms with van der Waals surface area (Å²) >= 11 is 0. The highest BCUT2D eigenvalue weighted by atomic mass is 19.1. The Morgan fingerprint density at radius 2 is 1.04 bits per heavy atom. The summed E-state index contributed by atoms with van der Waals surface area (Å²) < 4.78 is 35.8. The molecule has 0 aromatic carbocycles. The number of rotatable bonds is 0. The van der Waals surface area contributed by atoms with Crippen molar-refractivity contribution in [2.45, 2.75) is 77.3 Å². The third-order valence-corrected chi connectivity index (χ3v) is 3.74. The molecule has 2 aliphatic heterocycles. The standard InChI is InChI=1S/2C9H16FNO3/c2*1-9(2,3)14-8(13)11-4-6(10)7(12)5-11/h2*6-7,12H,4-5H2,1-3H3/t2*6-,7-/m10/s1. The van der Waals surface area contributed by atoms with Gasteiger partial charge in [-0.3, -0.25) is 0 Å². The third-order valence-electron chi connectivity index (χ3n) is 3.74. The fourth-order valence-corrected chi connectivity index (χ4v) is 2.44. The molecule has 0 aromatic rings. The summed E-state index contributed by atoms with van der Waals surface area (Å²) in [4.78, 5) is 25.1. The first kappa shape index (κ1) is 24.4. The molecule has 2 saturated heterocycles. The minimum absolute atomic E-state index is 0.0100. The zero-order valence-corrected chi connectivity index (χ0v) is 17.3. The van der Waals surface area contributed by atoms with E-state index in [2.05, 4.69) is 0 Å². The van der Waals surface area contributed by atoms with Crippen molar-refractivity contribution in [1.82, 2.24) is 9.80 Å². The molecule has 28 heavy (non-hydrogen) atoms. The van der Waals surface area contributed by atoms with Gasteiger partial charge in [-0.15, -0.1) is 0 Å². The summed E-state index contributed by atoms with van der Waals surface area (Å²) in [5.41, 5.74) is -1.17. The van der Waals surface area contributed by atoms with Crippen LogP contribution in [-0.2, 0) is 9.47 Å². The van der Waals surface area contributed by atoms with Gasteiger partial charge in [0.05, 0.1) is 26.2 Å². The van der Waals surface area contributed by atoms with Gasteiger partial charge in [0, 0.05) is 0 Å². The van der Waals surface area contributed by atoms with Crippen LogP contribution in [0.1, 0.15) is 41.5 Å². The van der Waals surface area contributed by atoms with Crippen LogP contribution in [-0.4, -0.2) is 94.1 Å². The molecule has 0 aliphatic carbocycles. The maximum absolute atomic E-state index is 12.9. The fraction of sp³-hybridized carbons (Fsp3) is 0.889. The van der Waals surface area contributed by atoms with Crippen molar-refractivity contribution < 1.29 is 38.1 Å². The molecule has 2 aliphatic rings. The van der Waals surface area contributed by atoms with Gasteiger partial charge in [-0.25, -0.2) is 18.4 Å². The van der Waals surface area contributed by atoms with Crippen LogP contribution in [0.25, 0.3) is 0 Å². The Labute approximate surface area is 164 Å². The predicted molar refractivity (Wildman–Crippen MR) is 97.4 cm³/mol. The lowest BCUT2D eigenvalue weighted by atomic mass is 10.2. The first-order valence-corrected chi connectivity index (χ1v) is 9.19. The lowest BCUT2D eigenvalue weighted by molar-refractivity contribution is 0.0260. The Hall–Kier alpha value is -1.68. The molecular weight excluding hydrogens is 378 g/mol. The maximum Gasteiger partial charge on any atom is 0.410 e. The predicted octanol–water partition coefficient (Wildman–Crippen LogP) is 1.87. The Morgan fingerprint density at radius 3 is 1.21 bits per heavy atom. The first-order valence-electron chi connectivity index (χ1n) is 9.19. The van der Waals surface area contributed by atoms with E-state index in [1.807, 2.05) is 0 Å². The van der Waals surface area contributed by atoms with Crippen LogP contribution in [0.2, 0.25) is 0 Å². The van der Waals surface area contributed by atoms with Crippen LogP contribution in [0.15, 0.2) is 0 Å². The van der Waals surface area contributed by atoms with Crippen molar-refractivity contribution in [2.24, 2.45) is 0 Å². The second-order valence-electron chi connectivity index (χ2n) is 8.94. The highest BCUT2D eigenvalue weighted by Gasteiger charge is 2.37. The molecule has 2 rings (SSSR count). The maximum atomic E-state index is 12.9. The molecule has 164 valence electrons. The van der Waals surface area contributed by atoms with E-state index in [4.69, 9.17) is 19.7 Å². The zero-order chi connectivity index (χ0) is 21.9. The Bertz CT molecular complexity index is 481. The summed E-state index contributed by atoms with van der Waals surface area (Å²) in [6.07, 6.45) is -6.02. The zero-order valence-electron chi connectivity index (χ0n) is 17.3. The number of nitrogens with zero attached hydrogens (tertiary/aromatic N) is 2. The highest BCUT2D eigenvalue weighted by molar-refractivity contribution is 5.69. The number of hydrogen-bond donors (Lipinski definition) is 2. The van der Waals surface area contributed by atoms with Crippen molar-refractivity contribution in [3.63, 3.8) is 0 Å². The lowest BCUT2D eigenvalue weighted by Crippen LogP contribution is -2.35. The van der Waals surface area contributed by atoms with Crippen molar-refractivity contribution in [1.29, 1.82) is 0 Å². The molecule has 0 saturated carbocycles. The molecule has 4 atom stereocenters. The second kappa shape index (κ2) is 9.21. The Kier molecular flexibility index (Phi) is 8.01. The molecule has 0 unspecified atom stereocenters. The quantitative estimate of drug-likeness (QED) is 0.633. The van der Waals surface area contributed by atoms with Gasteiger partial charge < -0.3 is 29.5 Å². The molecule has 2 N–H and O–H groups in total. The lowest BCUT2D eigenvalue weighted by Gasteiger charge is -2.23. The van der Waals surface area contributed by atoms with Gasteiger partial charge in [0.2, 0.25) is 0 Å². The fourth-order valence-electron chi connectivity index (χ4n) is 2.44. The first-order chi connectivity index (χ1) is 12.6. The molecule has 0 spiro atoms. The van der Waals surface area contributed by atoms with Crippen LogP contribution in [0.3, 0.4) is 0 Å². The third kappa shape index (κ3) is 8.14. The minimum Gasteiger partial charge on any atom is -0.444 e. The van der Waals surface area contributed by atoms with E-state index in [0.717, 1.165) is 0 Å². The normalized spacial score (nSPS) is 27.9. The summed E-state index contributed by atoms with van der Waals surface area (Å²) in [5, 5.41) is 18.2. The Balaban J connectivity index is 0.000000280. The average molecular weight is 410 g/mol. The van der Waals surface area contributed by atoms with Crippen molar-refractivity contribution in [3.8, 4) is 0 Å². The number of alkyl halides is 2. The van der Waals surface area contributed by atoms with Crippen LogP contribution >= 0.6 is 0 Å². The van der Waals surface area contributed by atoms with Crippen LogP contribution in [0.4, 0.5) is 18.4 Å². The molecule has 0 bridgehead atoms. The van der Waals surface area contributed by atoms with E-state index in [9.17, 15) is 18.4 Å². The van der Waals surface area contributed by atoms with Gasteiger partial charge in [0.25, 0.3) is 0 Å². The summed E-state index contributed by atoms with van der Waals surface area (Å²) in [6.45, 7) is 10.3. The topological polar surface area (TPSA) is 99.5 Å². The van der Waals surface area contributed by atoms with E-state index in [-0.39, 0.29) is 26.2 Å². The molecular formula is C18H32F2N2O6. The van der Waals surface area contributed by atoms with Crippen molar-refractivity contribution in [2.75, 3.05) is 26.2 Å². The number of halogens is 2. The van der Waals surface area contributed by atoms with E-state index < -0.39 is 47.9 Å². The van der Waals surface area contributed by atoms with Gasteiger partial charge in [0.15, 0.2) is 0 Å². The van der Waals surface area contributed by atoms with Crippen molar-refractivity contribution >= 4 is 12.2 Å². The number of aliphatic hydroxyl groups is 2. The van der Waals surface area contributed by atoms with Crippen LogP contribution in [0, 0.1) is 0 Å². The minimum atomic E-state index is -1.36. The van der Waals surface area contributed by atoms with Gasteiger partial charge >= 0.3 is 12.2 Å². The highest BCUT2D eigenvalue weighted by Crippen LogP contribution is 2.18. The number of carbonyl (C=O) groups is 2. The molecule has 0 radical (unpaired) electrons. The Morgan fingerprint density at radius 1 is 0.750 bits per heavy atom. The van der Waals surface area contributed by atoms with E-state index >= 15 is 0 Å². The monoisotopic (exact) mass is 410 g/mol. The van der Waals surface area contributed by atoms with Crippen LogP contribution in [0.5, 0.6) is 0 Å². The number of β-amino-alcohol motifs (C(OH)–C–C–N with tert-alkyl or cyclic N) is 2. The number of hydrogen-bond acceptors (Lipinski definition) is 6. The smallest absolute Gasteiger partial charge is 0.410 e. The number of likely N-dealkylation sites (tertiary alicyclic amines) is 2. The molecule has 2 amide bonds. The SMILES string of the molecule is CC(C)(C)OC(=O)N1C[C@@H](O)[C@H](F)C1.CC(C)(C)OC(=O)N1C[C@H](O)[C@@H](F)C1. The molecule has 0 aromatic heterocycles. The second-order valence-corrected chi connectivity index (χ2v) is 8.94. The molecule has 2 fully saturated rings. The summed E-state index contributed by atoms with van der Waals surface area (Å²) in [5.74, 6) is 0. The van der Waals surface area contributed by atoms with Gasteiger partial charge in [-0.05, 0) is 41.5 Å². The van der Waals surface area contributed by atoms with E-state index in [1.54, 1.807) is 41.5 Å². The van der Waals surface area contributed by atoms with Gasteiger partial charge in [-0.1, -0.05) is 0 Å². The average Bonchev–Trinajstić information content (AvgIpc) is 3.00. The van der Waals surface area contributed by atoms with E-state index in [1.165, 1.54) is 9.80 Å².